The molecule has 0 aliphatic rings. The summed E-state index contributed by atoms with van der Waals surface area (Å²) in [7, 11) is 3.12. The number of aromatic nitrogens is 2. The number of fused-ring (bicyclic) bond motifs is 1. The van der Waals surface area contributed by atoms with Gasteiger partial charge in [0.2, 0.25) is 0 Å². The van der Waals surface area contributed by atoms with Crippen LogP contribution in [0.3, 0.4) is 0 Å². The molecule has 3 aromatic carbocycles. The van der Waals surface area contributed by atoms with E-state index in [1.807, 2.05) is 54.6 Å². The zero-order chi connectivity index (χ0) is 30.2. The summed E-state index contributed by atoms with van der Waals surface area (Å²) in [5, 5.41) is 8.09. The minimum Gasteiger partial charge on any atom is -0.493 e. The number of ether oxygens (including phenoxy) is 3. The van der Waals surface area contributed by atoms with E-state index in [1.165, 1.54) is 12.2 Å². The van der Waals surface area contributed by atoms with Crippen molar-refractivity contribution in [3.63, 3.8) is 0 Å². The van der Waals surface area contributed by atoms with Gasteiger partial charge in [0.05, 0.1) is 25.5 Å². The number of carbonyl (C=O) groups excluding carboxylic acids is 2. The molecule has 0 spiro atoms. The number of nitrogens with zero attached hydrogens (tertiary/aromatic N) is 2. The van der Waals surface area contributed by atoms with Gasteiger partial charge < -0.3 is 23.9 Å². The van der Waals surface area contributed by atoms with Gasteiger partial charge in [0, 0.05) is 29.8 Å². The lowest BCUT2D eigenvalue weighted by molar-refractivity contribution is -0.143. The molecular formula is C33H29N3O7. The summed E-state index contributed by atoms with van der Waals surface area (Å²) in [4.78, 5) is 37.7. The van der Waals surface area contributed by atoms with E-state index in [9.17, 15) is 14.4 Å². The van der Waals surface area contributed by atoms with Crippen molar-refractivity contribution >= 4 is 28.9 Å². The van der Waals surface area contributed by atoms with Gasteiger partial charge >= 0.3 is 11.6 Å². The fraction of sp³-hybridized carbons (Fsp3) is 0.152. The molecule has 1 amide bonds. The molecule has 1 N–H and O–H groups in total. The molecule has 0 unspecified atom stereocenters. The first-order chi connectivity index (χ1) is 20.9. The van der Waals surface area contributed by atoms with Crippen molar-refractivity contribution in [2.75, 3.05) is 27.4 Å². The van der Waals surface area contributed by atoms with E-state index >= 15 is 0 Å². The second-order valence-electron chi connectivity index (χ2n) is 9.43. The fourth-order valence-electron chi connectivity index (χ4n) is 4.43. The van der Waals surface area contributed by atoms with Gasteiger partial charge in [0.15, 0.2) is 18.1 Å². The van der Waals surface area contributed by atoms with Crippen LogP contribution in [0.5, 0.6) is 11.5 Å². The Morgan fingerprint density at radius 2 is 1.72 bits per heavy atom. The highest BCUT2D eigenvalue weighted by molar-refractivity contribution is 5.91. The molecule has 10 heteroatoms. The number of para-hydroxylation sites is 2. The molecule has 0 atom stereocenters. The molecule has 10 nitrogen and oxygen atoms in total. The summed E-state index contributed by atoms with van der Waals surface area (Å²) < 4.78 is 22.8. The Balaban J connectivity index is 1.25. The van der Waals surface area contributed by atoms with Crippen LogP contribution in [-0.4, -0.2) is 49.0 Å². The van der Waals surface area contributed by atoms with Gasteiger partial charge in [-0.25, -0.2) is 14.3 Å². The minimum atomic E-state index is -0.723. The average molecular weight is 580 g/mol. The Morgan fingerprint density at radius 1 is 0.953 bits per heavy atom. The first kappa shape index (κ1) is 28.9. The maximum atomic E-state index is 12.9. The largest absolute Gasteiger partial charge is 0.493 e. The number of methoxy groups -OCH3 is 2. The molecule has 0 radical (unpaired) electrons. The second kappa shape index (κ2) is 13.3. The lowest BCUT2D eigenvalue weighted by Gasteiger charge is -2.10. The summed E-state index contributed by atoms with van der Waals surface area (Å²) in [6.07, 6.45) is 4.93. The number of carbonyl (C=O) groups is 2. The summed E-state index contributed by atoms with van der Waals surface area (Å²) >= 11 is 0. The van der Waals surface area contributed by atoms with Gasteiger partial charge in [-0.15, -0.1) is 0 Å². The highest BCUT2D eigenvalue weighted by Crippen LogP contribution is 2.28. The Labute approximate surface area is 247 Å². The molecule has 43 heavy (non-hydrogen) atoms. The van der Waals surface area contributed by atoms with E-state index < -0.39 is 24.1 Å². The van der Waals surface area contributed by atoms with Crippen molar-refractivity contribution in [1.29, 1.82) is 0 Å². The molecule has 0 aliphatic carbocycles. The van der Waals surface area contributed by atoms with E-state index in [0.29, 0.717) is 41.3 Å². The summed E-state index contributed by atoms with van der Waals surface area (Å²) in [6.45, 7) is -0.0996. The van der Waals surface area contributed by atoms with Gasteiger partial charge in [-0.05, 0) is 54.5 Å². The molecule has 0 saturated carbocycles. The first-order valence-corrected chi connectivity index (χ1v) is 13.5. The number of esters is 1. The van der Waals surface area contributed by atoms with E-state index in [1.54, 1.807) is 49.4 Å². The van der Waals surface area contributed by atoms with Crippen LogP contribution in [0.1, 0.15) is 11.1 Å². The molecular weight excluding hydrogens is 550 g/mol. The highest BCUT2D eigenvalue weighted by atomic mass is 16.5. The zero-order valence-electron chi connectivity index (χ0n) is 23.6. The fourth-order valence-corrected chi connectivity index (χ4v) is 4.43. The van der Waals surface area contributed by atoms with Crippen molar-refractivity contribution in [2.24, 2.45) is 0 Å². The van der Waals surface area contributed by atoms with Crippen LogP contribution >= 0.6 is 0 Å². The standard InChI is InChI=1S/C33H29N3O7/c1-40-28-14-12-22(18-29(28)41-2)16-17-34-30(37)21-42-31(38)15-13-24-20-36(25-9-4-3-5-10-25)35-32(24)26-19-23-8-6-7-11-27(23)43-33(26)39/h3-15,18-20H,16-17,21H2,1-2H3,(H,34,37)/b15-13+. The normalized spacial score (nSPS) is 11.0. The number of amides is 1. The van der Waals surface area contributed by atoms with E-state index in [-0.39, 0.29) is 5.56 Å². The predicted octanol–water partition coefficient (Wildman–Crippen LogP) is 4.58. The van der Waals surface area contributed by atoms with Crippen LogP contribution in [0.15, 0.2) is 100 Å². The van der Waals surface area contributed by atoms with Crippen LogP contribution in [0.2, 0.25) is 0 Å². The second-order valence-corrected chi connectivity index (χ2v) is 9.43. The lowest BCUT2D eigenvalue weighted by atomic mass is 10.1. The van der Waals surface area contributed by atoms with Crippen LogP contribution < -0.4 is 20.4 Å². The molecule has 0 aliphatic heterocycles. The van der Waals surface area contributed by atoms with Gasteiger partial charge in [0.1, 0.15) is 11.3 Å². The molecule has 218 valence electrons. The molecule has 0 bridgehead atoms. The van der Waals surface area contributed by atoms with Crippen LogP contribution in [0, 0.1) is 0 Å². The Kier molecular flexibility index (Phi) is 8.96. The van der Waals surface area contributed by atoms with Crippen molar-refractivity contribution < 1.29 is 28.2 Å². The number of hydrogen-bond donors (Lipinski definition) is 1. The average Bonchev–Trinajstić information content (AvgIpc) is 3.46. The number of rotatable bonds is 11. The number of nitrogens with one attached hydrogen (secondary N) is 1. The van der Waals surface area contributed by atoms with E-state index in [4.69, 9.17) is 18.6 Å². The quantitative estimate of drug-likeness (QED) is 0.137. The zero-order valence-corrected chi connectivity index (χ0v) is 23.6. The number of hydrogen-bond acceptors (Lipinski definition) is 8. The van der Waals surface area contributed by atoms with Crippen molar-refractivity contribution in [3.8, 4) is 28.4 Å². The Hall–Kier alpha value is -5.64. The van der Waals surface area contributed by atoms with Gasteiger partial charge in [-0.1, -0.05) is 42.5 Å². The summed E-state index contributed by atoms with van der Waals surface area (Å²) in [5.74, 6) is 0.0640. The molecule has 5 rings (SSSR count). The predicted molar refractivity (Wildman–Crippen MR) is 161 cm³/mol. The molecule has 2 heterocycles. The molecule has 0 saturated heterocycles. The van der Waals surface area contributed by atoms with Crippen molar-refractivity contribution in [2.45, 2.75) is 6.42 Å². The molecule has 0 fully saturated rings. The third-order valence-corrected chi connectivity index (χ3v) is 6.59. The van der Waals surface area contributed by atoms with Crippen molar-refractivity contribution in [3.05, 3.63) is 113 Å². The summed E-state index contributed by atoms with van der Waals surface area (Å²) in [5.41, 5.74) is 2.69. The minimum absolute atomic E-state index is 0.246. The third kappa shape index (κ3) is 6.99. The molecule has 2 aromatic heterocycles. The molecule has 5 aromatic rings. The lowest BCUT2D eigenvalue weighted by Crippen LogP contribution is -2.30. The number of benzene rings is 3. The van der Waals surface area contributed by atoms with Crippen molar-refractivity contribution in [1.82, 2.24) is 15.1 Å². The third-order valence-electron chi connectivity index (χ3n) is 6.59. The smallest absolute Gasteiger partial charge is 0.345 e. The maximum absolute atomic E-state index is 12.9. The van der Waals surface area contributed by atoms with Gasteiger partial charge in [-0.3, -0.25) is 4.79 Å². The first-order valence-electron chi connectivity index (χ1n) is 13.5. The monoisotopic (exact) mass is 579 g/mol. The van der Waals surface area contributed by atoms with Gasteiger partial charge in [-0.2, -0.15) is 5.10 Å². The van der Waals surface area contributed by atoms with Crippen LogP contribution in [-0.2, 0) is 20.7 Å². The topological polar surface area (TPSA) is 122 Å². The van der Waals surface area contributed by atoms with Crippen LogP contribution in [0.4, 0.5) is 0 Å². The SMILES string of the molecule is COc1ccc(CCNC(=O)COC(=O)/C=C/c2cn(-c3ccccc3)nc2-c2cc3ccccc3oc2=O)cc1OC. The van der Waals surface area contributed by atoms with Crippen LogP contribution in [0.25, 0.3) is 34.0 Å². The Morgan fingerprint density at radius 3 is 2.51 bits per heavy atom. The summed E-state index contributed by atoms with van der Waals surface area (Å²) in [6, 6.07) is 23.8. The van der Waals surface area contributed by atoms with Gasteiger partial charge in [0.25, 0.3) is 5.91 Å². The van der Waals surface area contributed by atoms with E-state index in [2.05, 4.69) is 10.4 Å². The highest BCUT2D eigenvalue weighted by Gasteiger charge is 2.17. The maximum Gasteiger partial charge on any atom is 0.345 e. The van der Waals surface area contributed by atoms with E-state index in [0.717, 1.165) is 16.6 Å². The Bertz CT molecular complexity index is 1840.